The van der Waals surface area contributed by atoms with Gasteiger partial charge < -0.3 is 4.90 Å². The monoisotopic (exact) mass is 249 g/mol. The Hall–Kier alpha value is 0.410. The van der Waals surface area contributed by atoms with Gasteiger partial charge in [0.15, 0.2) is 0 Å². The predicted molar refractivity (Wildman–Crippen MR) is 54.2 cm³/mol. The Labute approximate surface area is 89.0 Å². The Morgan fingerprint density at radius 1 is 1.23 bits per heavy atom. The van der Waals surface area contributed by atoms with Crippen molar-refractivity contribution in [2.75, 3.05) is 33.2 Å². The summed E-state index contributed by atoms with van der Waals surface area (Å²) in [6.07, 6.45) is 0. The van der Waals surface area contributed by atoms with Crippen LogP contribution in [0.2, 0.25) is 0 Å². The number of hydrogen-bond donors (Lipinski definition) is 1. The second-order valence-corrected chi connectivity index (χ2v) is 5.10. The van der Waals surface area contributed by atoms with Crippen molar-refractivity contribution in [1.29, 1.82) is 0 Å². The third-order valence-electron chi connectivity index (χ3n) is 1.74. The molecule has 0 spiro atoms. The van der Waals surface area contributed by atoms with Gasteiger partial charge in [-0.1, -0.05) is 0 Å². The lowest BCUT2D eigenvalue weighted by molar-refractivity contribution is 0.135. The van der Waals surface area contributed by atoms with Crippen LogP contribution in [0.15, 0.2) is 0 Å². The van der Waals surface area contributed by atoms with Gasteiger partial charge in [0.25, 0.3) is 0 Å². The van der Waals surface area contributed by atoms with Crippen LogP contribution in [-0.2, 0) is 9.24 Å². The van der Waals surface area contributed by atoms with Crippen LogP contribution in [0.25, 0.3) is 0 Å². The van der Waals surface area contributed by atoms with E-state index in [0.29, 0.717) is 13.1 Å². The molecule has 1 fully saturated rings. The maximum Gasteiger partial charge on any atom is 0.310 e. The molecule has 0 aromatic rings. The van der Waals surface area contributed by atoms with Crippen LogP contribution in [0.3, 0.4) is 0 Å². The van der Waals surface area contributed by atoms with Crippen molar-refractivity contribution < 1.29 is 8.42 Å². The number of rotatable bonds is 2. The third kappa shape index (κ3) is 5.66. The second kappa shape index (κ2) is 5.33. The lowest BCUT2D eigenvalue weighted by Gasteiger charge is -2.31. The van der Waals surface area contributed by atoms with E-state index in [1.165, 1.54) is 0 Å². The standard InChI is InChI=1S/C5H12ClN3O2S.ClH/c1-8-2-4-9(5-3-8)7-12(6,10)11;/h7H,2-5H2,1H3;1H. The first-order valence-electron chi connectivity index (χ1n) is 3.63. The molecule has 0 aromatic heterocycles. The smallest absolute Gasteiger partial charge is 0.304 e. The summed E-state index contributed by atoms with van der Waals surface area (Å²) in [5, 5.41) is 1.60. The molecule has 0 radical (unpaired) electrons. The third-order valence-corrected chi connectivity index (χ3v) is 2.42. The molecule has 0 bridgehead atoms. The van der Waals surface area contributed by atoms with Crippen molar-refractivity contribution in [3.05, 3.63) is 0 Å². The Morgan fingerprint density at radius 3 is 2.08 bits per heavy atom. The highest BCUT2D eigenvalue weighted by molar-refractivity contribution is 8.12. The Kier molecular flexibility index (Phi) is 5.50. The van der Waals surface area contributed by atoms with Crippen LogP contribution in [0.4, 0.5) is 0 Å². The fourth-order valence-electron chi connectivity index (χ4n) is 1.05. The van der Waals surface area contributed by atoms with Crippen LogP contribution in [0, 0.1) is 0 Å². The highest BCUT2D eigenvalue weighted by Gasteiger charge is 2.17. The second-order valence-electron chi connectivity index (χ2n) is 2.82. The van der Waals surface area contributed by atoms with Gasteiger partial charge >= 0.3 is 9.24 Å². The molecule has 0 aliphatic carbocycles. The zero-order valence-electron chi connectivity index (χ0n) is 7.23. The summed E-state index contributed by atoms with van der Waals surface area (Å²) in [5.74, 6) is 0. The van der Waals surface area contributed by atoms with Crippen LogP contribution in [0.5, 0.6) is 0 Å². The Balaban J connectivity index is 0.00000144. The van der Waals surface area contributed by atoms with Gasteiger partial charge in [-0.15, -0.1) is 17.2 Å². The summed E-state index contributed by atoms with van der Waals surface area (Å²) in [4.78, 5) is 4.35. The van der Waals surface area contributed by atoms with Crippen molar-refractivity contribution in [1.82, 2.24) is 14.7 Å². The summed E-state index contributed by atoms with van der Waals surface area (Å²) < 4.78 is 21.2. The van der Waals surface area contributed by atoms with Gasteiger partial charge in [0.2, 0.25) is 0 Å². The van der Waals surface area contributed by atoms with E-state index in [1.54, 1.807) is 5.01 Å². The number of halogens is 2. The van der Waals surface area contributed by atoms with E-state index >= 15 is 0 Å². The van der Waals surface area contributed by atoms with E-state index in [9.17, 15) is 8.42 Å². The molecule has 1 aliphatic rings. The molecular formula is C5H13Cl2N3O2S. The number of piperazine rings is 1. The Bertz CT molecular complexity index is 238. The molecule has 1 saturated heterocycles. The van der Waals surface area contributed by atoms with Gasteiger partial charge in [-0.3, -0.25) is 0 Å². The molecular weight excluding hydrogens is 237 g/mol. The van der Waals surface area contributed by atoms with Gasteiger partial charge in [0.1, 0.15) is 0 Å². The zero-order valence-corrected chi connectivity index (χ0v) is 9.62. The van der Waals surface area contributed by atoms with Crippen LogP contribution in [-0.4, -0.2) is 51.6 Å². The van der Waals surface area contributed by atoms with Gasteiger partial charge in [0, 0.05) is 36.9 Å². The number of nitrogens with zero attached hydrogens (tertiary/aromatic N) is 2. The first-order chi connectivity index (χ1) is 5.47. The number of nitrogens with one attached hydrogen (secondary N) is 1. The van der Waals surface area contributed by atoms with E-state index in [1.807, 2.05) is 7.05 Å². The molecule has 0 unspecified atom stereocenters. The molecule has 80 valence electrons. The van der Waals surface area contributed by atoms with Gasteiger partial charge in [-0.05, 0) is 7.05 Å². The molecule has 5 nitrogen and oxygen atoms in total. The number of likely N-dealkylation sites (N-methyl/N-ethyl adjacent to an activating group) is 1. The average molecular weight is 250 g/mol. The van der Waals surface area contributed by atoms with Crippen molar-refractivity contribution in [3.8, 4) is 0 Å². The zero-order chi connectivity index (χ0) is 9.19. The summed E-state index contributed by atoms with van der Waals surface area (Å²) in [6.45, 7) is 3.03. The van der Waals surface area contributed by atoms with E-state index in [0.717, 1.165) is 13.1 Å². The normalized spacial score (nSPS) is 21.1. The van der Waals surface area contributed by atoms with Crippen molar-refractivity contribution in [2.45, 2.75) is 0 Å². The SMILES string of the molecule is CN1CCN(NS(=O)(=O)Cl)CC1.Cl. The van der Waals surface area contributed by atoms with Crippen molar-refractivity contribution >= 4 is 32.3 Å². The lowest BCUT2D eigenvalue weighted by atomic mass is 10.4. The lowest BCUT2D eigenvalue weighted by Crippen LogP contribution is -2.51. The maximum absolute atomic E-state index is 10.6. The van der Waals surface area contributed by atoms with Crippen LogP contribution in [0.1, 0.15) is 0 Å². The fraction of sp³-hybridized carbons (Fsp3) is 1.00. The molecule has 0 amide bonds. The number of hydrazine groups is 1. The molecule has 13 heavy (non-hydrogen) atoms. The minimum atomic E-state index is -3.61. The molecule has 1 heterocycles. The molecule has 0 atom stereocenters. The summed E-state index contributed by atoms with van der Waals surface area (Å²) in [7, 11) is 3.39. The van der Waals surface area contributed by atoms with Gasteiger partial charge in [-0.25, -0.2) is 5.01 Å². The first kappa shape index (κ1) is 13.4. The fourth-order valence-corrected chi connectivity index (χ4v) is 1.84. The first-order valence-corrected chi connectivity index (χ1v) is 5.94. The summed E-state index contributed by atoms with van der Waals surface area (Å²) >= 11 is 0. The molecule has 0 aromatic carbocycles. The van der Waals surface area contributed by atoms with Gasteiger partial charge in [-0.2, -0.15) is 8.42 Å². The topological polar surface area (TPSA) is 52.6 Å². The Morgan fingerprint density at radius 2 is 1.69 bits per heavy atom. The van der Waals surface area contributed by atoms with Crippen LogP contribution < -0.4 is 4.83 Å². The van der Waals surface area contributed by atoms with E-state index in [-0.39, 0.29) is 12.4 Å². The van der Waals surface area contributed by atoms with Crippen molar-refractivity contribution in [2.24, 2.45) is 0 Å². The van der Waals surface area contributed by atoms with E-state index in [2.05, 4.69) is 9.73 Å². The predicted octanol–water partition coefficient (Wildman–Crippen LogP) is -0.356. The highest BCUT2D eigenvalue weighted by atomic mass is 35.7. The summed E-state index contributed by atoms with van der Waals surface area (Å²) in [6, 6.07) is 0. The largest absolute Gasteiger partial charge is 0.310 e. The average Bonchev–Trinajstić information content (AvgIpc) is 1.91. The van der Waals surface area contributed by atoms with Crippen LogP contribution >= 0.6 is 23.1 Å². The van der Waals surface area contributed by atoms with Gasteiger partial charge in [0.05, 0.1) is 0 Å². The summed E-state index contributed by atoms with van der Waals surface area (Å²) in [5.41, 5.74) is 0. The minimum Gasteiger partial charge on any atom is -0.304 e. The minimum absolute atomic E-state index is 0. The maximum atomic E-state index is 10.6. The number of hydrogen-bond acceptors (Lipinski definition) is 4. The van der Waals surface area contributed by atoms with Crippen molar-refractivity contribution in [3.63, 3.8) is 0 Å². The van der Waals surface area contributed by atoms with E-state index < -0.39 is 9.24 Å². The molecule has 0 saturated carbocycles. The highest BCUT2D eigenvalue weighted by Crippen LogP contribution is 1.99. The molecule has 1 N–H and O–H groups in total. The molecule has 1 rings (SSSR count). The van der Waals surface area contributed by atoms with E-state index in [4.69, 9.17) is 10.7 Å². The quantitative estimate of drug-likeness (QED) is 0.680. The molecule has 1 aliphatic heterocycles. The molecule has 8 heteroatoms.